The molecule has 4 aromatic carbocycles. The maximum atomic E-state index is 13.3. The van der Waals surface area contributed by atoms with Gasteiger partial charge in [0.1, 0.15) is 11.4 Å². The summed E-state index contributed by atoms with van der Waals surface area (Å²) in [5, 5.41) is 8.66. The zero-order valence-corrected chi connectivity index (χ0v) is 24.0. The number of hydrogen-bond acceptors (Lipinski definition) is 5. The van der Waals surface area contributed by atoms with Gasteiger partial charge in [0.05, 0.1) is 12.4 Å². The van der Waals surface area contributed by atoms with Crippen molar-refractivity contribution in [3.8, 4) is 5.75 Å². The van der Waals surface area contributed by atoms with Crippen LogP contribution in [0, 0.1) is 0 Å². The Kier molecular flexibility index (Phi) is 10.2. The van der Waals surface area contributed by atoms with Gasteiger partial charge in [-0.1, -0.05) is 41.9 Å². The van der Waals surface area contributed by atoms with E-state index >= 15 is 0 Å². The van der Waals surface area contributed by atoms with Crippen LogP contribution in [0.2, 0.25) is 5.02 Å². The third-order valence-corrected chi connectivity index (χ3v) is 7.20. The van der Waals surface area contributed by atoms with E-state index in [1.807, 2.05) is 25.1 Å². The lowest BCUT2D eigenvalue weighted by Crippen LogP contribution is -2.30. The molecule has 0 aromatic heterocycles. The molecule has 0 bridgehead atoms. The van der Waals surface area contributed by atoms with Gasteiger partial charge in [0.2, 0.25) is 5.91 Å². The summed E-state index contributed by atoms with van der Waals surface area (Å²) in [4.78, 5) is 39.6. The van der Waals surface area contributed by atoms with Gasteiger partial charge >= 0.3 is 0 Å². The number of ether oxygens (including phenoxy) is 1. The van der Waals surface area contributed by atoms with Gasteiger partial charge in [0.15, 0.2) is 0 Å². The lowest BCUT2D eigenvalue weighted by atomic mass is 10.1. The highest BCUT2D eigenvalue weighted by Gasteiger charge is 2.17. The van der Waals surface area contributed by atoms with Crippen molar-refractivity contribution in [2.24, 2.45) is 0 Å². The van der Waals surface area contributed by atoms with Crippen molar-refractivity contribution in [2.45, 2.75) is 17.1 Å². The van der Waals surface area contributed by atoms with Gasteiger partial charge < -0.3 is 20.7 Å². The summed E-state index contributed by atoms with van der Waals surface area (Å²) in [7, 11) is 1.56. The van der Waals surface area contributed by atoms with E-state index in [9.17, 15) is 14.4 Å². The average Bonchev–Trinajstić information content (AvgIpc) is 2.99. The molecule has 1 unspecified atom stereocenters. The summed E-state index contributed by atoms with van der Waals surface area (Å²) >= 11 is 7.29. The van der Waals surface area contributed by atoms with Crippen LogP contribution in [0.3, 0.4) is 0 Å². The second-order valence-corrected chi connectivity index (χ2v) is 10.7. The van der Waals surface area contributed by atoms with Crippen LogP contribution in [0.5, 0.6) is 5.75 Å². The van der Waals surface area contributed by atoms with E-state index in [2.05, 4.69) is 16.0 Å². The first-order valence-corrected chi connectivity index (χ1v) is 13.9. The molecule has 0 aliphatic rings. The van der Waals surface area contributed by atoms with Gasteiger partial charge in [0.25, 0.3) is 11.8 Å². The minimum atomic E-state index is -0.492. The largest absolute Gasteiger partial charge is 0.497 e. The van der Waals surface area contributed by atoms with Crippen LogP contribution >= 0.6 is 23.4 Å². The number of thioether (sulfide) groups is 1. The molecule has 0 aliphatic carbocycles. The Bertz CT molecular complexity index is 1540. The Labute approximate surface area is 248 Å². The van der Waals surface area contributed by atoms with Crippen LogP contribution in [-0.2, 0) is 9.59 Å². The van der Waals surface area contributed by atoms with E-state index < -0.39 is 11.8 Å². The zero-order chi connectivity index (χ0) is 29.2. The highest BCUT2D eigenvalue weighted by atomic mass is 35.5. The lowest BCUT2D eigenvalue weighted by molar-refractivity contribution is -0.115. The maximum Gasteiger partial charge on any atom is 0.272 e. The molecule has 41 heavy (non-hydrogen) atoms. The summed E-state index contributed by atoms with van der Waals surface area (Å²) in [5.74, 6) is -0.422. The van der Waals surface area contributed by atoms with E-state index in [0.717, 1.165) is 4.90 Å². The van der Waals surface area contributed by atoms with E-state index in [-0.39, 0.29) is 16.9 Å². The molecule has 0 saturated carbocycles. The number of carbonyl (C=O) groups excluding carboxylic acids is 3. The molecule has 1 atom stereocenters. The number of anilines is 2. The Morgan fingerprint density at radius 1 is 0.829 bits per heavy atom. The molecule has 9 heteroatoms. The lowest BCUT2D eigenvalue weighted by Gasteiger charge is -2.14. The number of carbonyl (C=O) groups is 3. The van der Waals surface area contributed by atoms with Crippen molar-refractivity contribution in [3.05, 3.63) is 125 Å². The number of amides is 3. The molecule has 0 aliphatic heterocycles. The monoisotopic (exact) mass is 585 g/mol. The van der Waals surface area contributed by atoms with Crippen molar-refractivity contribution in [2.75, 3.05) is 17.7 Å². The van der Waals surface area contributed by atoms with Crippen molar-refractivity contribution >= 4 is 58.5 Å². The normalized spacial score (nSPS) is 11.7. The summed E-state index contributed by atoms with van der Waals surface area (Å²) < 4.78 is 5.28. The van der Waals surface area contributed by atoms with Crippen molar-refractivity contribution in [1.29, 1.82) is 0 Å². The number of halogens is 1. The standard InChI is InChI=1S/C32H28ClN3O4S/c1-21(30(37)34-25-13-11-24(33)12-14-25)41-28-17-15-26(16-18-28)35-32(39)29(20-22-7-6-10-27(19-22)40-2)36-31(38)23-8-4-3-5-9-23/h3-21H,1-2H3,(H,34,37)(H,35,39)(H,36,38)/b29-20-. The van der Waals surface area contributed by atoms with Crippen LogP contribution in [0.25, 0.3) is 6.08 Å². The molecule has 7 nitrogen and oxygen atoms in total. The molecule has 208 valence electrons. The van der Waals surface area contributed by atoms with E-state index in [4.69, 9.17) is 16.3 Å². The fourth-order valence-corrected chi connectivity index (χ4v) is 4.68. The third kappa shape index (κ3) is 8.73. The van der Waals surface area contributed by atoms with E-state index in [0.29, 0.717) is 33.3 Å². The summed E-state index contributed by atoms with van der Waals surface area (Å²) in [6, 6.07) is 29.9. The van der Waals surface area contributed by atoms with Crippen LogP contribution in [0.15, 0.2) is 114 Å². The molecule has 0 saturated heterocycles. The highest BCUT2D eigenvalue weighted by molar-refractivity contribution is 8.00. The molecule has 3 N–H and O–H groups in total. The van der Waals surface area contributed by atoms with Gasteiger partial charge in [-0.25, -0.2) is 0 Å². The van der Waals surface area contributed by atoms with Crippen molar-refractivity contribution < 1.29 is 19.1 Å². The van der Waals surface area contributed by atoms with Gasteiger partial charge in [-0.15, -0.1) is 11.8 Å². The molecular weight excluding hydrogens is 558 g/mol. The molecule has 0 spiro atoms. The fraction of sp³-hybridized carbons (Fsp3) is 0.0938. The average molecular weight is 586 g/mol. The first-order valence-electron chi connectivity index (χ1n) is 12.7. The smallest absolute Gasteiger partial charge is 0.272 e. The minimum Gasteiger partial charge on any atom is -0.497 e. The van der Waals surface area contributed by atoms with Gasteiger partial charge in [-0.05, 0) is 91.4 Å². The van der Waals surface area contributed by atoms with Crippen LogP contribution in [-0.4, -0.2) is 30.1 Å². The Balaban J connectivity index is 1.44. The second kappa shape index (κ2) is 14.2. The van der Waals surface area contributed by atoms with Crippen molar-refractivity contribution in [1.82, 2.24) is 5.32 Å². The van der Waals surface area contributed by atoms with E-state index in [1.54, 1.807) is 98.1 Å². The summed E-state index contributed by atoms with van der Waals surface area (Å²) in [6.07, 6.45) is 1.59. The first-order chi connectivity index (χ1) is 19.8. The molecular formula is C32H28ClN3O4S. The maximum absolute atomic E-state index is 13.3. The third-order valence-electron chi connectivity index (χ3n) is 5.84. The number of hydrogen-bond donors (Lipinski definition) is 3. The quantitative estimate of drug-likeness (QED) is 0.139. The Morgan fingerprint density at radius 2 is 1.49 bits per heavy atom. The molecule has 4 aromatic rings. The zero-order valence-electron chi connectivity index (χ0n) is 22.4. The highest BCUT2D eigenvalue weighted by Crippen LogP contribution is 2.26. The van der Waals surface area contributed by atoms with Gasteiger partial charge in [-0.3, -0.25) is 14.4 Å². The summed E-state index contributed by atoms with van der Waals surface area (Å²) in [6.45, 7) is 1.82. The molecule has 0 radical (unpaired) electrons. The minimum absolute atomic E-state index is 0.0676. The SMILES string of the molecule is COc1cccc(/C=C(\NC(=O)c2ccccc2)C(=O)Nc2ccc(SC(C)C(=O)Nc3ccc(Cl)cc3)cc2)c1. The number of benzene rings is 4. The van der Waals surface area contributed by atoms with Gasteiger partial charge in [-0.2, -0.15) is 0 Å². The number of nitrogens with one attached hydrogen (secondary N) is 3. The van der Waals surface area contributed by atoms with Gasteiger partial charge in [0, 0.05) is 26.9 Å². The molecule has 3 amide bonds. The van der Waals surface area contributed by atoms with E-state index in [1.165, 1.54) is 11.8 Å². The Morgan fingerprint density at radius 3 is 2.17 bits per heavy atom. The second-order valence-electron chi connectivity index (χ2n) is 8.89. The number of rotatable bonds is 10. The van der Waals surface area contributed by atoms with Crippen LogP contribution in [0.4, 0.5) is 11.4 Å². The predicted molar refractivity (Wildman–Crippen MR) is 165 cm³/mol. The predicted octanol–water partition coefficient (Wildman–Crippen LogP) is 6.88. The molecule has 0 fully saturated rings. The number of methoxy groups -OCH3 is 1. The van der Waals surface area contributed by atoms with Crippen LogP contribution in [0.1, 0.15) is 22.8 Å². The van der Waals surface area contributed by atoms with Crippen LogP contribution < -0.4 is 20.7 Å². The fourth-order valence-electron chi connectivity index (χ4n) is 3.69. The van der Waals surface area contributed by atoms with Crippen molar-refractivity contribution in [3.63, 3.8) is 0 Å². The summed E-state index contributed by atoms with van der Waals surface area (Å²) in [5.41, 5.74) is 2.37. The Hall–Kier alpha value is -4.53. The topological polar surface area (TPSA) is 96.5 Å². The molecule has 4 rings (SSSR count). The molecule has 0 heterocycles. The first kappa shape index (κ1) is 29.5.